The third-order valence-electron chi connectivity index (χ3n) is 2.69. The van der Waals surface area contributed by atoms with E-state index in [1.807, 2.05) is 13.8 Å². The van der Waals surface area contributed by atoms with Gasteiger partial charge in [-0.3, -0.25) is 9.89 Å². The Morgan fingerprint density at radius 3 is 2.72 bits per heavy atom. The van der Waals surface area contributed by atoms with Crippen LogP contribution in [0.1, 0.15) is 30.6 Å². The van der Waals surface area contributed by atoms with E-state index in [0.717, 1.165) is 24.2 Å². The Morgan fingerprint density at radius 1 is 1.39 bits per heavy atom. The van der Waals surface area contributed by atoms with Gasteiger partial charge >= 0.3 is 0 Å². The number of rotatable bonds is 3. The molecule has 0 aliphatic heterocycles. The lowest BCUT2D eigenvalue weighted by Gasteiger charge is -2.03. The molecule has 2 aromatic heterocycles. The van der Waals surface area contributed by atoms with Gasteiger partial charge in [-0.25, -0.2) is 9.97 Å². The maximum Gasteiger partial charge on any atom is 0.296 e. The first-order valence-corrected chi connectivity index (χ1v) is 5.95. The molecule has 96 valence electrons. The van der Waals surface area contributed by atoms with Gasteiger partial charge in [-0.15, -0.1) is 0 Å². The Hall–Kier alpha value is -2.11. The van der Waals surface area contributed by atoms with Gasteiger partial charge in [-0.05, 0) is 20.3 Å². The largest absolute Gasteiger partial charge is 0.393 e. The fourth-order valence-electron chi connectivity index (χ4n) is 1.91. The predicted octanol–water partition coefficient (Wildman–Crippen LogP) is 1.11. The van der Waals surface area contributed by atoms with Crippen LogP contribution in [0.15, 0.2) is 10.9 Å². The van der Waals surface area contributed by atoms with Gasteiger partial charge in [0.25, 0.3) is 5.56 Å². The summed E-state index contributed by atoms with van der Waals surface area (Å²) in [5.41, 5.74) is 7.39. The number of nitrogens with two attached hydrogens (primary N) is 1. The van der Waals surface area contributed by atoms with Gasteiger partial charge in [0, 0.05) is 11.8 Å². The maximum absolute atomic E-state index is 12.0. The number of hydrogen-bond donors (Lipinski definition) is 2. The molecule has 0 aliphatic rings. The summed E-state index contributed by atoms with van der Waals surface area (Å²) in [5.74, 6) is 1.15. The molecule has 2 aromatic rings. The fraction of sp³-hybridized carbons (Fsp3) is 0.417. The highest BCUT2D eigenvalue weighted by molar-refractivity contribution is 5.43. The average molecular weight is 247 g/mol. The second-order valence-corrected chi connectivity index (χ2v) is 4.31. The third-order valence-corrected chi connectivity index (χ3v) is 2.69. The molecule has 3 N–H and O–H groups in total. The first-order valence-electron chi connectivity index (χ1n) is 5.95. The Labute approximate surface area is 105 Å². The zero-order valence-corrected chi connectivity index (χ0v) is 10.8. The van der Waals surface area contributed by atoms with Crippen molar-refractivity contribution in [2.24, 2.45) is 0 Å². The summed E-state index contributed by atoms with van der Waals surface area (Å²) < 4.78 is 1.38. The summed E-state index contributed by atoms with van der Waals surface area (Å²) in [6.07, 6.45) is 1.67. The van der Waals surface area contributed by atoms with E-state index in [1.165, 1.54) is 4.68 Å². The van der Waals surface area contributed by atoms with Crippen LogP contribution < -0.4 is 11.3 Å². The summed E-state index contributed by atoms with van der Waals surface area (Å²) in [7, 11) is 0. The van der Waals surface area contributed by atoms with E-state index in [0.29, 0.717) is 11.6 Å². The first-order chi connectivity index (χ1) is 8.52. The highest BCUT2D eigenvalue weighted by Gasteiger charge is 2.13. The molecule has 0 fully saturated rings. The first kappa shape index (κ1) is 12.3. The number of hydrogen-bond acceptors (Lipinski definition) is 4. The van der Waals surface area contributed by atoms with Crippen LogP contribution in [0.2, 0.25) is 0 Å². The summed E-state index contributed by atoms with van der Waals surface area (Å²) in [6.45, 7) is 5.69. The standard InChI is InChI=1S/C12H17N5O/c1-4-5-9-11(13)12(18)17(16-9)10-6-7(2)14-8(3)15-10/h6,16H,4-5,13H2,1-3H3. The minimum atomic E-state index is -0.254. The van der Waals surface area contributed by atoms with Crippen molar-refractivity contribution in [1.82, 2.24) is 19.7 Å². The number of anilines is 1. The molecule has 0 bridgehead atoms. The minimum absolute atomic E-state index is 0.254. The molecule has 0 atom stereocenters. The minimum Gasteiger partial charge on any atom is -0.393 e. The highest BCUT2D eigenvalue weighted by Crippen LogP contribution is 2.10. The smallest absolute Gasteiger partial charge is 0.296 e. The molecule has 2 rings (SSSR count). The highest BCUT2D eigenvalue weighted by atomic mass is 16.1. The van der Waals surface area contributed by atoms with Crippen LogP contribution in [0.25, 0.3) is 5.82 Å². The number of nitrogens with one attached hydrogen (secondary N) is 1. The van der Waals surface area contributed by atoms with Crippen molar-refractivity contribution in [3.05, 3.63) is 33.6 Å². The average Bonchev–Trinajstić information content (AvgIpc) is 2.57. The maximum atomic E-state index is 12.0. The molecular weight excluding hydrogens is 230 g/mol. The molecule has 2 heterocycles. The van der Waals surface area contributed by atoms with Crippen LogP contribution in [-0.2, 0) is 6.42 Å². The molecule has 0 aromatic carbocycles. The topological polar surface area (TPSA) is 89.6 Å². The van der Waals surface area contributed by atoms with Crippen LogP contribution in [0.4, 0.5) is 5.69 Å². The Balaban J connectivity index is 2.57. The van der Waals surface area contributed by atoms with E-state index < -0.39 is 0 Å². The second-order valence-electron chi connectivity index (χ2n) is 4.31. The molecule has 6 heteroatoms. The number of H-pyrrole nitrogens is 1. The van der Waals surface area contributed by atoms with Crippen molar-refractivity contribution in [3.63, 3.8) is 0 Å². The zero-order valence-electron chi connectivity index (χ0n) is 10.8. The lowest BCUT2D eigenvalue weighted by molar-refractivity contribution is 0.764. The Kier molecular flexibility index (Phi) is 3.18. The number of nitrogen functional groups attached to an aromatic ring is 1. The summed E-state index contributed by atoms with van der Waals surface area (Å²) in [5, 5.41) is 3.01. The van der Waals surface area contributed by atoms with Crippen molar-refractivity contribution < 1.29 is 0 Å². The van der Waals surface area contributed by atoms with Crippen molar-refractivity contribution in [3.8, 4) is 5.82 Å². The summed E-state index contributed by atoms with van der Waals surface area (Å²) in [4.78, 5) is 20.5. The molecule has 0 spiro atoms. The van der Waals surface area contributed by atoms with Gasteiger partial charge in [-0.2, -0.15) is 4.68 Å². The molecule has 0 radical (unpaired) electrons. The molecular formula is C12H17N5O. The zero-order chi connectivity index (χ0) is 13.3. The normalized spacial score (nSPS) is 10.8. The lowest BCUT2D eigenvalue weighted by atomic mass is 10.2. The van der Waals surface area contributed by atoms with Gasteiger partial charge in [0.1, 0.15) is 11.5 Å². The van der Waals surface area contributed by atoms with Crippen LogP contribution in [0, 0.1) is 13.8 Å². The molecule has 18 heavy (non-hydrogen) atoms. The number of aromatic nitrogens is 4. The molecule has 6 nitrogen and oxygen atoms in total. The molecule has 0 unspecified atom stereocenters. The van der Waals surface area contributed by atoms with E-state index in [4.69, 9.17) is 5.73 Å². The van der Waals surface area contributed by atoms with Crippen LogP contribution in [0.5, 0.6) is 0 Å². The van der Waals surface area contributed by atoms with Crippen molar-refractivity contribution in [2.75, 3.05) is 5.73 Å². The van der Waals surface area contributed by atoms with Gasteiger partial charge in [0.05, 0.1) is 5.69 Å². The van der Waals surface area contributed by atoms with E-state index in [9.17, 15) is 4.79 Å². The molecule has 0 saturated heterocycles. The van der Waals surface area contributed by atoms with E-state index >= 15 is 0 Å². The van der Waals surface area contributed by atoms with E-state index in [1.54, 1.807) is 13.0 Å². The Morgan fingerprint density at radius 2 is 2.11 bits per heavy atom. The number of aromatic amines is 1. The van der Waals surface area contributed by atoms with Gasteiger partial charge in [0.2, 0.25) is 0 Å². The Bertz CT molecular complexity index is 606. The number of aryl methyl sites for hydroxylation is 3. The lowest BCUT2D eigenvalue weighted by Crippen LogP contribution is -2.18. The molecule has 0 amide bonds. The summed E-state index contributed by atoms with van der Waals surface area (Å²) in [6, 6.07) is 1.75. The summed E-state index contributed by atoms with van der Waals surface area (Å²) >= 11 is 0. The van der Waals surface area contributed by atoms with E-state index in [-0.39, 0.29) is 11.2 Å². The number of nitrogens with zero attached hydrogens (tertiary/aromatic N) is 3. The van der Waals surface area contributed by atoms with Crippen molar-refractivity contribution >= 4 is 5.69 Å². The molecule has 0 aliphatic carbocycles. The second kappa shape index (κ2) is 4.64. The van der Waals surface area contributed by atoms with Crippen LogP contribution in [0.3, 0.4) is 0 Å². The van der Waals surface area contributed by atoms with Crippen molar-refractivity contribution in [2.45, 2.75) is 33.6 Å². The molecule has 0 saturated carbocycles. The van der Waals surface area contributed by atoms with Gasteiger partial charge in [-0.1, -0.05) is 13.3 Å². The third kappa shape index (κ3) is 2.13. The predicted molar refractivity (Wildman–Crippen MR) is 69.9 cm³/mol. The SMILES string of the molecule is CCCc1[nH]n(-c2cc(C)nc(C)n2)c(=O)c1N. The van der Waals surface area contributed by atoms with Crippen LogP contribution in [-0.4, -0.2) is 19.7 Å². The quantitative estimate of drug-likeness (QED) is 0.850. The van der Waals surface area contributed by atoms with E-state index in [2.05, 4.69) is 15.1 Å². The van der Waals surface area contributed by atoms with Crippen LogP contribution >= 0.6 is 0 Å². The van der Waals surface area contributed by atoms with Gasteiger partial charge < -0.3 is 5.73 Å². The fourth-order valence-corrected chi connectivity index (χ4v) is 1.91. The monoisotopic (exact) mass is 247 g/mol. The van der Waals surface area contributed by atoms with Gasteiger partial charge in [0.15, 0.2) is 5.82 Å². The van der Waals surface area contributed by atoms with Crippen molar-refractivity contribution in [1.29, 1.82) is 0 Å².